The van der Waals surface area contributed by atoms with Crippen LogP contribution in [-0.2, 0) is 0 Å². The van der Waals surface area contributed by atoms with Gasteiger partial charge in [0.2, 0.25) is 0 Å². The molecule has 0 aliphatic heterocycles. The number of halogens is 1. The van der Waals surface area contributed by atoms with E-state index >= 15 is 0 Å². The minimum absolute atomic E-state index is 0.111. The summed E-state index contributed by atoms with van der Waals surface area (Å²) in [5.74, 6) is -0.148. The summed E-state index contributed by atoms with van der Waals surface area (Å²) in [5.41, 5.74) is 1.37. The Morgan fingerprint density at radius 3 is 2.68 bits per heavy atom. The Morgan fingerprint density at radius 2 is 2.21 bits per heavy atom. The minimum Gasteiger partial charge on any atom is -0.350 e. The Kier molecular flexibility index (Phi) is 4.11. The van der Waals surface area contributed by atoms with Crippen LogP contribution in [0, 0.1) is 6.92 Å². The Morgan fingerprint density at radius 1 is 1.53 bits per heavy atom. The van der Waals surface area contributed by atoms with Crippen molar-refractivity contribution in [3.05, 3.63) is 28.5 Å². The van der Waals surface area contributed by atoms with Gasteiger partial charge in [0.1, 0.15) is 0 Å². The molecule has 1 N–H and O–H groups in total. The number of hydrogen-bond acceptors (Lipinski definition) is 3. The second kappa shape index (κ2) is 5.47. The van der Waals surface area contributed by atoms with E-state index < -0.39 is 0 Å². The lowest BCUT2D eigenvalue weighted by Gasteiger charge is -2.47. The average Bonchev–Trinajstić information content (AvgIpc) is 2.26. The molecule has 1 amide bonds. The summed E-state index contributed by atoms with van der Waals surface area (Å²) in [4.78, 5) is 18.5. The second-order valence-electron chi connectivity index (χ2n) is 5.46. The molecular formula is C14H20ClN3O. The summed E-state index contributed by atoms with van der Waals surface area (Å²) in [5, 5.41) is 3.43. The molecular weight excluding hydrogens is 262 g/mol. The van der Waals surface area contributed by atoms with Crippen molar-refractivity contribution in [2.45, 2.75) is 31.7 Å². The molecule has 0 saturated heterocycles. The van der Waals surface area contributed by atoms with Gasteiger partial charge in [0.05, 0.1) is 10.6 Å². The van der Waals surface area contributed by atoms with Crippen molar-refractivity contribution < 1.29 is 4.79 Å². The number of likely N-dealkylation sites (N-methyl/N-ethyl adjacent to an activating group) is 1. The number of aryl methyl sites for hydroxylation is 1. The Balaban J connectivity index is 2.01. The molecule has 0 aromatic carbocycles. The molecule has 104 valence electrons. The molecule has 5 heteroatoms. The van der Waals surface area contributed by atoms with Crippen LogP contribution >= 0.6 is 11.6 Å². The Bertz CT molecular complexity index is 484. The van der Waals surface area contributed by atoms with Gasteiger partial charge in [-0.15, -0.1) is 0 Å². The molecule has 1 saturated carbocycles. The molecule has 4 nitrogen and oxygen atoms in total. The first-order valence-corrected chi connectivity index (χ1v) is 6.90. The zero-order chi connectivity index (χ0) is 14.0. The maximum atomic E-state index is 12.1. The van der Waals surface area contributed by atoms with E-state index in [2.05, 4.69) is 29.3 Å². The van der Waals surface area contributed by atoms with E-state index in [1.807, 2.05) is 6.92 Å². The van der Waals surface area contributed by atoms with Crippen LogP contribution in [0.2, 0.25) is 5.02 Å². The topological polar surface area (TPSA) is 45.2 Å². The fraction of sp³-hybridized carbons (Fsp3) is 0.571. The summed E-state index contributed by atoms with van der Waals surface area (Å²) < 4.78 is 0. The first kappa shape index (κ1) is 14.3. The van der Waals surface area contributed by atoms with Crippen LogP contribution in [0.1, 0.15) is 35.3 Å². The van der Waals surface area contributed by atoms with E-state index in [0.717, 1.165) is 18.5 Å². The van der Waals surface area contributed by atoms with Gasteiger partial charge < -0.3 is 10.2 Å². The van der Waals surface area contributed by atoms with Crippen LogP contribution in [0.15, 0.2) is 12.3 Å². The molecule has 0 atom stereocenters. The maximum Gasteiger partial charge on any atom is 0.254 e. The van der Waals surface area contributed by atoms with Crippen LogP contribution in [0.4, 0.5) is 0 Å². The maximum absolute atomic E-state index is 12.1. The van der Waals surface area contributed by atoms with Crippen molar-refractivity contribution in [1.29, 1.82) is 0 Å². The number of amides is 1. The van der Waals surface area contributed by atoms with Crippen molar-refractivity contribution >= 4 is 17.5 Å². The van der Waals surface area contributed by atoms with Crippen LogP contribution in [0.3, 0.4) is 0 Å². The summed E-state index contributed by atoms with van der Waals surface area (Å²) >= 11 is 6.07. The van der Waals surface area contributed by atoms with Crippen molar-refractivity contribution in [2.24, 2.45) is 0 Å². The van der Waals surface area contributed by atoms with Crippen LogP contribution < -0.4 is 5.32 Å². The van der Waals surface area contributed by atoms with Gasteiger partial charge in [0.25, 0.3) is 5.91 Å². The Labute approximate surface area is 119 Å². The number of aromatic nitrogens is 1. The summed E-state index contributed by atoms with van der Waals surface area (Å²) in [7, 11) is 4.12. The highest BCUT2D eigenvalue weighted by Crippen LogP contribution is 2.35. The van der Waals surface area contributed by atoms with E-state index in [0.29, 0.717) is 17.1 Å². The third-order valence-corrected chi connectivity index (χ3v) is 4.36. The molecule has 0 radical (unpaired) electrons. The first-order chi connectivity index (χ1) is 8.94. The predicted molar refractivity (Wildman–Crippen MR) is 76.6 cm³/mol. The molecule has 0 spiro atoms. The second-order valence-corrected chi connectivity index (χ2v) is 5.87. The molecule has 1 aromatic heterocycles. The van der Waals surface area contributed by atoms with Gasteiger partial charge in [-0.05, 0) is 46.3 Å². The zero-order valence-electron chi connectivity index (χ0n) is 11.7. The summed E-state index contributed by atoms with van der Waals surface area (Å²) in [6, 6.07) is 1.71. The Hall–Kier alpha value is -1.13. The van der Waals surface area contributed by atoms with Crippen LogP contribution in [0.25, 0.3) is 0 Å². The molecule has 1 aromatic rings. The van der Waals surface area contributed by atoms with Gasteiger partial charge in [-0.3, -0.25) is 9.78 Å². The molecule has 19 heavy (non-hydrogen) atoms. The molecule has 1 fully saturated rings. The van der Waals surface area contributed by atoms with Crippen LogP contribution in [-0.4, -0.2) is 42.0 Å². The highest BCUT2D eigenvalue weighted by molar-refractivity contribution is 6.33. The molecule has 1 heterocycles. The van der Waals surface area contributed by atoms with E-state index in [1.54, 1.807) is 6.07 Å². The quantitative estimate of drug-likeness (QED) is 0.921. The SMILES string of the molecule is Cc1cc(Cl)c(C(=O)NCC2(N(C)C)CCC2)cn1. The van der Waals surface area contributed by atoms with Gasteiger partial charge in [0.15, 0.2) is 0 Å². The molecule has 0 unspecified atom stereocenters. The summed E-state index contributed by atoms with van der Waals surface area (Å²) in [6.45, 7) is 2.51. The van der Waals surface area contributed by atoms with Gasteiger partial charge in [-0.25, -0.2) is 0 Å². The fourth-order valence-corrected chi connectivity index (χ4v) is 2.69. The number of hydrogen-bond donors (Lipinski definition) is 1. The number of nitrogens with one attached hydrogen (secondary N) is 1. The van der Waals surface area contributed by atoms with E-state index in [1.165, 1.54) is 12.6 Å². The third-order valence-electron chi connectivity index (χ3n) is 4.05. The standard InChI is InChI=1S/C14H20ClN3O/c1-10-7-12(15)11(8-16-10)13(19)17-9-14(18(2)3)5-4-6-14/h7-8H,4-6,9H2,1-3H3,(H,17,19). The van der Waals surface area contributed by atoms with Gasteiger partial charge in [-0.2, -0.15) is 0 Å². The summed E-state index contributed by atoms with van der Waals surface area (Å²) in [6.07, 6.45) is 5.01. The lowest BCUT2D eigenvalue weighted by Crippen LogP contribution is -2.57. The fourth-order valence-electron chi connectivity index (χ4n) is 2.40. The van der Waals surface area contributed by atoms with Gasteiger partial charge in [-0.1, -0.05) is 11.6 Å². The first-order valence-electron chi connectivity index (χ1n) is 6.52. The number of rotatable bonds is 4. The van der Waals surface area contributed by atoms with Crippen molar-refractivity contribution in [3.8, 4) is 0 Å². The largest absolute Gasteiger partial charge is 0.350 e. The molecule has 0 bridgehead atoms. The van der Waals surface area contributed by atoms with Gasteiger partial charge >= 0.3 is 0 Å². The third kappa shape index (κ3) is 2.90. The number of carbonyl (C=O) groups is 1. The van der Waals surface area contributed by atoms with Crippen molar-refractivity contribution in [2.75, 3.05) is 20.6 Å². The van der Waals surface area contributed by atoms with E-state index in [-0.39, 0.29) is 11.4 Å². The minimum atomic E-state index is -0.148. The van der Waals surface area contributed by atoms with Crippen molar-refractivity contribution in [3.63, 3.8) is 0 Å². The van der Waals surface area contributed by atoms with E-state index in [4.69, 9.17) is 11.6 Å². The van der Waals surface area contributed by atoms with Crippen molar-refractivity contribution in [1.82, 2.24) is 15.2 Å². The molecule has 1 aliphatic carbocycles. The van der Waals surface area contributed by atoms with Gasteiger partial charge in [0, 0.05) is 24.0 Å². The molecule has 1 aliphatic rings. The zero-order valence-corrected chi connectivity index (χ0v) is 12.4. The normalized spacial score (nSPS) is 17.1. The highest BCUT2D eigenvalue weighted by atomic mass is 35.5. The van der Waals surface area contributed by atoms with E-state index in [9.17, 15) is 4.79 Å². The number of nitrogens with zero attached hydrogens (tertiary/aromatic N) is 2. The van der Waals surface area contributed by atoms with Crippen LogP contribution in [0.5, 0.6) is 0 Å². The molecule has 2 rings (SSSR count). The number of carbonyl (C=O) groups excluding carboxylic acids is 1. The average molecular weight is 282 g/mol. The number of pyridine rings is 1. The predicted octanol–water partition coefficient (Wildman–Crippen LogP) is 2.26. The monoisotopic (exact) mass is 281 g/mol. The lowest BCUT2D eigenvalue weighted by atomic mass is 9.75. The lowest BCUT2D eigenvalue weighted by molar-refractivity contribution is 0.0557. The highest BCUT2D eigenvalue weighted by Gasteiger charge is 2.39. The smallest absolute Gasteiger partial charge is 0.254 e.